The summed E-state index contributed by atoms with van der Waals surface area (Å²) in [6.45, 7) is 4.67. The van der Waals surface area contributed by atoms with Crippen LogP contribution in [0.3, 0.4) is 0 Å². The second-order valence-corrected chi connectivity index (χ2v) is 11.0. The monoisotopic (exact) mass is 430 g/mol. The van der Waals surface area contributed by atoms with E-state index < -0.39 is 0 Å². The van der Waals surface area contributed by atoms with Crippen LogP contribution in [0, 0.1) is 17.8 Å². The zero-order chi connectivity index (χ0) is 22.2. The Hall–Kier alpha value is -1.56. The molecule has 0 bridgehead atoms. The molecule has 174 valence electrons. The highest BCUT2D eigenvalue weighted by molar-refractivity contribution is 5.64. The van der Waals surface area contributed by atoms with Crippen molar-refractivity contribution < 1.29 is 0 Å². The quantitative estimate of drug-likeness (QED) is 0.371. The van der Waals surface area contributed by atoms with Crippen LogP contribution < -0.4 is 0 Å². The number of hydrogen-bond donors (Lipinski definition) is 0. The van der Waals surface area contributed by atoms with Gasteiger partial charge in [-0.15, -0.1) is 0 Å². The summed E-state index contributed by atoms with van der Waals surface area (Å²) in [7, 11) is 0. The minimum absolute atomic E-state index is 0.788. The van der Waals surface area contributed by atoms with E-state index in [1.54, 1.807) is 5.56 Å². The molecule has 0 N–H and O–H groups in total. The van der Waals surface area contributed by atoms with Gasteiger partial charge in [0.25, 0.3) is 0 Å². The average Bonchev–Trinajstić information content (AvgIpc) is 2.85. The molecule has 2 fully saturated rings. The molecule has 2 aromatic carbocycles. The van der Waals surface area contributed by atoms with Crippen molar-refractivity contribution in [3.05, 3.63) is 59.7 Å². The maximum absolute atomic E-state index is 2.41. The van der Waals surface area contributed by atoms with Crippen molar-refractivity contribution in [3.8, 4) is 11.1 Å². The minimum Gasteiger partial charge on any atom is -0.0654 e. The van der Waals surface area contributed by atoms with Crippen molar-refractivity contribution in [2.45, 2.75) is 110 Å². The van der Waals surface area contributed by atoms with Crippen LogP contribution in [0.1, 0.15) is 114 Å². The molecule has 0 nitrogen and oxygen atoms in total. The maximum Gasteiger partial charge on any atom is -0.0162 e. The fraction of sp³-hybridized carbons (Fsp3) is 0.625. The molecule has 0 atom stereocenters. The Morgan fingerprint density at radius 2 is 0.969 bits per heavy atom. The molecule has 32 heavy (non-hydrogen) atoms. The SMILES string of the molecule is CCCC1CCC(CCc2ccc(-c3ccc(C4CCC(CCC)CC4)cc3)cc2)CC1. The van der Waals surface area contributed by atoms with E-state index in [2.05, 4.69) is 62.4 Å². The molecule has 0 unspecified atom stereocenters. The molecule has 0 heteroatoms. The maximum atomic E-state index is 2.41. The first kappa shape index (κ1) is 23.6. The first-order valence-corrected chi connectivity index (χ1v) is 13.9. The molecule has 0 heterocycles. The van der Waals surface area contributed by atoms with E-state index in [4.69, 9.17) is 0 Å². The standard InChI is InChI=1S/C32H46/c1-3-5-25-7-9-27(10-8-25)11-12-28-15-19-30(20-16-28)32-23-21-31(22-24-32)29-17-13-26(6-4-2)14-18-29/h15-16,19-27,29H,3-14,17-18H2,1-2H3. The van der Waals surface area contributed by atoms with Gasteiger partial charge in [-0.2, -0.15) is 0 Å². The third-order valence-corrected chi connectivity index (χ3v) is 8.72. The highest BCUT2D eigenvalue weighted by Crippen LogP contribution is 2.38. The molecule has 0 aliphatic heterocycles. The molecule has 2 aliphatic rings. The van der Waals surface area contributed by atoms with Crippen LogP contribution in [-0.2, 0) is 6.42 Å². The zero-order valence-corrected chi connectivity index (χ0v) is 20.8. The second kappa shape index (κ2) is 12.1. The van der Waals surface area contributed by atoms with Crippen LogP contribution in [0.4, 0.5) is 0 Å². The molecular formula is C32H46. The summed E-state index contributed by atoms with van der Waals surface area (Å²) in [6.07, 6.45) is 19.8. The lowest BCUT2D eigenvalue weighted by Crippen LogP contribution is -2.15. The minimum atomic E-state index is 0.788. The van der Waals surface area contributed by atoms with E-state index in [1.807, 2.05) is 0 Å². The van der Waals surface area contributed by atoms with E-state index in [1.165, 1.54) is 107 Å². The predicted molar refractivity (Wildman–Crippen MR) is 140 cm³/mol. The van der Waals surface area contributed by atoms with Gasteiger partial charge in [0.15, 0.2) is 0 Å². The summed E-state index contributed by atoms with van der Waals surface area (Å²) >= 11 is 0. The van der Waals surface area contributed by atoms with E-state index in [-0.39, 0.29) is 0 Å². The highest BCUT2D eigenvalue weighted by Gasteiger charge is 2.22. The fourth-order valence-corrected chi connectivity index (χ4v) is 6.59. The Labute approximate surface area is 198 Å². The van der Waals surface area contributed by atoms with E-state index >= 15 is 0 Å². The Kier molecular flexibility index (Phi) is 8.89. The molecule has 0 amide bonds. The molecule has 0 aromatic heterocycles. The van der Waals surface area contributed by atoms with E-state index in [0.717, 1.165) is 23.7 Å². The van der Waals surface area contributed by atoms with E-state index in [9.17, 15) is 0 Å². The second-order valence-electron chi connectivity index (χ2n) is 11.0. The summed E-state index contributed by atoms with van der Waals surface area (Å²) in [6, 6.07) is 19.0. The Balaban J connectivity index is 1.25. The number of rotatable bonds is 9. The van der Waals surface area contributed by atoms with Crippen molar-refractivity contribution in [1.82, 2.24) is 0 Å². The molecule has 0 saturated heterocycles. The van der Waals surface area contributed by atoms with Crippen molar-refractivity contribution in [3.63, 3.8) is 0 Å². The Morgan fingerprint density at radius 3 is 1.47 bits per heavy atom. The van der Waals surface area contributed by atoms with Gasteiger partial charge in [-0.1, -0.05) is 114 Å². The Bertz CT molecular complexity index is 768. The summed E-state index contributed by atoms with van der Waals surface area (Å²) in [4.78, 5) is 0. The van der Waals surface area contributed by atoms with Gasteiger partial charge < -0.3 is 0 Å². The van der Waals surface area contributed by atoms with Crippen LogP contribution in [0.15, 0.2) is 48.5 Å². The average molecular weight is 431 g/mol. The van der Waals surface area contributed by atoms with Crippen molar-refractivity contribution in [1.29, 1.82) is 0 Å². The fourth-order valence-electron chi connectivity index (χ4n) is 6.59. The third kappa shape index (κ3) is 6.49. The van der Waals surface area contributed by atoms with Crippen LogP contribution in [0.2, 0.25) is 0 Å². The summed E-state index contributed by atoms with van der Waals surface area (Å²) in [5, 5.41) is 0. The molecular weight excluding hydrogens is 384 g/mol. The molecule has 2 aliphatic carbocycles. The van der Waals surface area contributed by atoms with Crippen molar-refractivity contribution >= 4 is 0 Å². The molecule has 0 spiro atoms. The Morgan fingerprint density at radius 1 is 0.531 bits per heavy atom. The first-order valence-electron chi connectivity index (χ1n) is 13.9. The van der Waals surface area contributed by atoms with Gasteiger partial charge in [-0.05, 0) is 84.5 Å². The van der Waals surface area contributed by atoms with Gasteiger partial charge >= 0.3 is 0 Å². The van der Waals surface area contributed by atoms with Gasteiger partial charge in [-0.25, -0.2) is 0 Å². The van der Waals surface area contributed by atoms with E-state index in [0.29, 0.717) is 0 Å². The lowest BCUT2D eigenvalue weighted by molar-refractivity contribution is 0.252. The largest absolute Gasteiger partial charge is 0.0654 e. The normalized spacial score (nSPS) is 26.2. The molecule has 2 aromatic rings. The van der Waals surface area contributed by atoms with Gasteiger partial charge in [0, 0.05) is 0 Å². The molecule has 0 radical (unpaired) electrons. The summed E-state index contributed by atoms with van der Waals surface area (Å²) < 4.78 is 0. The molecule has 2 saturated carbocycles. The van der Waals surface area contributed by atoms with Crippen LogP contribution in [0.25, 0.3) is 11.1 Å². The first-order chi connectivity index (χ1) is 15.7. The van der Waals surface area contributed by atoms with Crippen LogP contribution >= 0.6 is 0 Å². The molecule has 4 rings (SSSR count). The van der Waals surface area contributed by atoms with Crippen LogP contribution in [-0.4, -0.2) is 0 Å². The van der Waals surface area contributed by atoms with Gasteiger partial charge in [0.2, 0.25) is 0 Å². The zero-order valence-electron chi connectivity index (χ0n) is 20.8. The van der Waals surface area contributed by atoms with Gasteiger partial charge in [-0.3, -0.25) is 0 Å². The van der Waals surface area contributed by atoms with Gasteiger partial charge in [0.05, 0.1) is 0 Å². The smallest absolute Gasteiger partial charge is 0.0162 e. The third-order valence-electron chi connectivity index (χ3n) is 8.72. The number of hydrogen-bond acceptors (Lipinski definition) is 0. The highest BCUT2D eigenvalue weighted by atomic mass is 14.3. The van der Waals surface area contributed by atoms with Crippen molar-refractivity contribution in [2.24, 2.45) is 17.8 Å². The summed E-state index contributed by atoms with van der Waals surface area (Å²) in [5.41, 5.74) is 5.82. The number of benzene rings is 2. The summed E-state index contributed by atoms with van der Waals surface area (Å²) in [5.74, 6) is 3.77. The van der Waals surface area contributed by atoms with Crippen molar-refractivity contribution in [2.75, 3.05) is 0 Å². The van der Waals surface area contributed by atoms with Gasteiger partial charge in [0.1, 0.15) is 0 Å². The predicted octanol–water partition coefficient (Wildman–Crippen LogP) is 9.97. The lowest BCUT2D eigenvalue weighted by atomic mass is 9.77. The lowest BCUT2D eigenvalue weighted by Gasteiger charge is -2.28. The van der Waals surface area contributed by atoms with Crippen LogP contribution in [0.5, 0.6) is 0 Å². The topological polar surface area (TPSA) is 0 Å². The number of aryl methyl sites for hydroxylation is 1.